The Morgan fingerprint density at radius 1 is 1.18 bits per heavy atom. The molecule has 1 aliphatic rings. The molecule has 2 aromatic heterocycles. The first-order chi connectivity index (χ1) is 18.1. The Hall–Kier alpha value is -4.05. The number of ether oxygens (including phenoxy) is 1. The number of alkyl halides is 3. The summed E-state index contributed by atoms with van der Waals surface area (Å²) in [6.45, 7) is 1.45. The molecule has 1 aliphatic heterocycles. The highest BCUT2D eigenvalue weighted by molar-refractivity contribution is 6.02. The number of halogens is 3. The number of aromatic amines is 1. The third-order valence-corrected chi connectivity index (χ3v) is 7.21. The topological polar surface area (TPSA) is 87.5 Å². The van der Waals surface area contributed by atoms with Crippen LogP contribution in [0.5, 0.6) is 5.75 Å². The van der Waals surface area contributed by atoms with Crippen LogP contribution in [-0.2, 0) is 6.18 Å². The average molecular weight is 524 g/mol. The van der Waals surface area contributed by atoms with E-state index >= 15 is 0 Å². The number of carbonyl (C=O) groups excluding carboxylic acids is 1. The minimum atomic E-state index is -4.74. The van der Waals surface area contributed by atoms with Crippen LogP contribution in [0.25, 0.3) is 33.3 Å². The number of rotatable bonds is 5. The summed E-state index contributed by atoms with van der Waals surface area (Å²) in [5, 5.41) is 0.705. The molecular formula is C28H28F3N5O2. The summed E-state index contributed by atoms with van der Waals surface area (Å²) < 4.78 is 47.7. The first-order valence-corrected chi connectivity index (χ1v) is 12.2. The molecule has 7 nitrogen and oxygen atoms in total. The molecular weight excluding hydrogens is 495 g/mol. The van der Waals surface area contributed by atoms with Gasteiger partial charge in [-0.2, -0.15) is 13.2 Å². The van der Waals surface area contributed by atoms with E-state index in [0.717, 1.165) is 30.2 Å². The Morgan fingerprint density at radius 2 is 1.95 bits per heavy atom. The highest BCUT2D eigenvalue weighted by Gasteiger charge is 2.37. The number of aromatic nitrogens is 2. The number of H-pyrrole nitrogens is 1. The fraction of sp³-hybridized carbons (Fsp3) is 0.286. The van der Waals surface area contributed by atoms with Crippen LogP contribution in [0.4, 0.5) is 18.9 Å². The molecule has 2 aromatic carbocycles. The Balaban J connectivity index is 1.63. The maximum atomic E-state index is 14.1. The first-order valence-electron chi connectivity index (χ1n) is 12.2. The van der Waals surface area contributed by atoms with Gasteiger partial charge in [0, 0.05) is 54.1 Å². The van der Waals surface area contributed by atoms with Crippen molar-refractivity contribution in [2.75, 3.05) is 40.0 Å². The summed E-state index contributed by atoms with van der Waals surface area (Å²) >= 11 is 0. The molecule has 0 spiro atoms. The van der Waals surface area contributed by atoms with Crippen molar-refractivity contribution in [3.8, 4) is 28.0 Å². The van der Waals surface area contributed by atoms with E-state index in [2.05, 4.69) is 14.9 Å². The number of hydrogen-bond acceptors (Lipinski definition) is 5. The summed E-state index contributed by atoms with van der Waals surface area (Å²) in [7, 11) is 5.13. The van der Waals surface area contributed by atoms with Gasteiger partial charge in [-0.05, 0) is 49.8 Å². The van der Waals surface area contributed by atoms with Gasteiger partial charge in [-0.3, -0.25) is 4.79 Å². The van der Waals surface area contributed by atoms with Crippen LogP contribution in [0.1, 0.15) is 22.3 Å². The van der Waals surface area contributed by atoms with E-state index in [0.29, 0.717) is 28.9 Å². The van der Waals surface area contributed by atoms with E-state index in [9.17, 15) is 18.0 Å². The Bertz CT molecular complexity index is 1510. The number of nitrogen functional groups attached to an aromatic ring is 1. The van der Waals surface area contributed by atoms with Gasteiger partial charge in [0.1, 0.15) is 11.4 Å². The zero-order chi connectivity index (χ0) is 27.2. The van der Waals surface area contributed by atoms with Crippen LogP contribution in [0, 0.1) is 0 Å². The number of anilines is 1. The highest BCUT2D eigenvalue weighted by atomic mass is 19.4. The molecule has 10 heteroatoms. The van der Waals surface area contributed by atoms with E-state index in [1.165, 1.54) is 17.2 Å². The maximum Gasteiger partial charge on any atom is 0.418 e. The number of likely N-dealkylation sites (N-methyl/N-ethyl adjacent to an activating group) is 2. The minimum absolute atomic E-state index is 0.105. The van der Waals surface area contributed by atoms with Gasteiger partial charge in [0.05, 0.1) is 23.9 Å². The van der Waals surface area contributed by atoms with Crippen molar-refractivity contribution in [3.05, 3.63) is 66.0 Å². The molecule has 38 heavy (non-hydrogen) atoms. The highest BCUT2D eigenvalue weighted by Crippen LogP contribution is 2.40. The van der Waals surface area contributed by atoms with Crippen molar-refractivity contribution in [2.45, 2.75) is 18.6 Å². The molecule has 1 saturated heterocycles. The van der Waals surface area contributed by atoms with Crippen LogP contribution >= 0.6 is 0 Å². The van der Waals surface area contributed by atoms with Gasteiger partial charge < -0.3 is 25.3 Å². The van der Waals surface area contributed by atoms with Crippen molar-refractivity contribution in [1.29, 1.82) is 0 Å². The van der Waals surface area contributed by atoms with Gasteiger partial charge in [-0.15, -0.1) is 0 Å². The second-order valence-corrected chi connectivity index (χ2v) is 9.63. The molecule has 0 aliphatic carbocycles. The smallest absolute Gasteiger partial charge is 0.418 e. The van der Waals surface area contributed by atoms with E-state index < -0.39 is 23.3 Å². The molecule has 1 unspecified atom stereocenters. The van der Waals surface area contributed by atoms with Crippen LogP contribution in [-0.4, -0.2) is 66.0 Å². The molecule has 1 fully saturated rings. The van der Waals surface area contributed by atoms with E-state index in [4.69, 9.17) is 10.5 Å². The fourth-order valence-electron chi connectivity index (χ4n) is 5.07. The van der Waals surface area contributed by atoms with Crippen LogP contribution in [0.3, 0.4) is 0 Å². The normalized spacial score (nSPS) is 16.2. The van der Waals surface area contributed by atoms with Gasteiger partial charge >= 0.3 is 6.18 Å². The molecule has 0 radical (unpaired) electrons. The second-order valence-electron chi connectivity index (χ2n) is 9.63. The van der Waals surface area contributed by atoms with Crippen molar-refractivity contribution >= 4 is 22.6 Å². The fourth-order valence-corrected chi connectivity index (χ4v) is 5.07. The zero-order valence-corrected chi connectivity index (χ0v) is 21.3. The van der Waals surface area contributed by atoms with Gasteiger partial charge in [0.25, 0.3) is 5.91 Å². The zero-order valence-electron chi connectivity index (χ0n) is 21.3. The number of likely N-dealkylation sites (tertiary alicyclic amines) is 1. The third-order valence-electron chi connectivity index (χ3n) is 7.21. The summed E-state index contributed by atoms with van der Waals surface area (Å²) in [5.74, 6) is 0.111. The number of amides is 1. The molecule has 3 heterocycles. The van der Waals surface area contributed by atoms with Gasteiger partial charge in [0.2, 0.25) is 0 Å². The summed E-state index contributed by atoms with van der Waals surface area (Å²) in [4.78, 5) is 24.6. The molecule has 3 N–H and O–H groups in total. The molecule has 0 bridgehead atoms. The minimum Gasteiger partial charge on any atom is -0.496 e. The van der Waals surface area contributed by atoms with Crippen molar-refractivity contribution in [1.82, 2.24) is 19.8 Å². The van der Waals surface area contributed by atoms with Crippen molar-refractivity contribution < 1.29 is 22.7 Å². The number of nitrogens with zero attached hydrogens (tertiary/aromatic N) is 3. The number of fused-ring (bicyclic) bond motifs is 1. The first kappa shape index (κ1) is 25.6. The largest absolute Gasteiger partial charge is 0.496 e. The van der Waals surface area contributed by atoms with Crippen LogP contribution in [0.2, 0.25) is 0 Å². The summed E-state index contributed by atoms with van der Waals surface area (Å²) in [6.07, 6.45) is -0.730. The quantitative estimate of drug-likeness (QED) is 0.348. The number of nitrogens with two attached hydrogens (primary N) is 1. The Labute approximate surface area is 218 Å². The lowest BCUT2D eigenvalue weighted by Gasteiger charge is -2.26. The van der Waals surface area contributed by atoms with E-state index in [1.807, 2.05) is 31.3 Å². The number of pyridine rings is 1. The number of para-hydroxylation sites is 1. The van der Waals surface area contributed by atoms with Crippen molar-refractivity contribution in [2.24, 2.45) is 0 Å². The summed E-state index contributed by atoms with van der Waals surface area (Å²) in [5.41, 5.74) is 6.98. The Kier molecular flexibility index (Phi) is 6.52. The standard InChI is InChI=1S/C28H28F3N5O2/c1-35-9-8-18(15-35)36(2)27(37)21-10-16(12-23(25(21)32)28(29,30)31)17-11-20-22(14-34-26(20)33-13-17)19-6-4-5-7-24(19)38-3/h4-7,10-14,18H,8-9,15,32H2,1-3H3,(H,33,34). The lowest BCUT2D eigenvalue weighted by Crippen LogP contribution is -2.39. The second kappa shape index (κ2) is 9.68. The molecule has 4 aromatic rings. The molecule has 1 amide bonds. The number of carbonyl (C=O) groups is 1. The lowest BCUT2D eigenvalue weighted by atomic mass is 9.96. The average Bonchev–Trinajstić information content (AvgIpc) is 3.53. The van der Waals surface area contributed by atoms with Crippen molar-refractivity contribution in [3.63, 3.8) is 0 Å². The van der Waals surface area contributed by atoms with E-state index in [-0.39, 0.29) is 17.2 Å². The number of nitrogens with one attached hydrogen (secondary N) is 1. The lowest BCUT2D eigenvalue weighted by molar-refractivity contribution is -0.136. The number of methoxy groups -OCH3 is 1. The predicted molar refractivity (Wildman–Crippen MR) is 141 cm³/mol. The van der Waals surface area contributed by atoms with Gasteiger partial charge in [0.15, 0.2) is 0 Å². The van der Waals surface area contributed by atoms with Crippen LogP contribution < -0.4 is 10.5 Å². The molecule has 5 rings (SSSR count). The molecule has 1 atom stereocenters. The van der Waals surface area contributed by atoms with Gasteiger partial charge in [-0.25, -0.2) is 4.98 Å². The SMILES string of the molecule is COc1ccccc1-c1c[nH]c2ncc(-c3cc(C(=O)N(C)C4CCN(C)C4)c(N)c(C(F)(F)F)c3)cc12. The number of benzene rings is 2. The van der Waals surface area contributed by atoms with Gasteiger partial charge in [-0.1, -0.05) is 18.2 Å². The van der Waals surface area contributed by atoms with Crippen LogP contribution in [0.15, 0.2) is 54.9 Å². The maximum absolute atomic E-state index is 14.1. The molecule has 198 valence electrons. The molecule has 0 saturated carbocycles. The predicted octanol–water partition coefficient (Wildman–Crippen LogP) is 5.28. The third kappa shape index (κ3) is 4.56. The summed E-state index contributed by atoms with van der Waals surface area (Å²) in [6, 6.07) is 11.5. The monoisotopic (exact) mass is 523 g/mol. The number of hydrogen-bond donors (Lipinski definition) is 2. The Morgan fingerprint density at radius 3 is 2.63 bits per heavy atom. The van der Waals surface area contributed by atoms with E-state index in [1.54, 1.807) is 26.4 Å².